The van der Waals surface area contributed by atoms with Crippen molar-refractivity contribution in [2.75, 3.05) is 5.32 Å². The molecule has 0 atom stereocenters. The summed E-state index contributed by atoms with van der Waals surface area (Å²) < 4.78 is 27.1. The van der Waals surface area contributed by atoms with Gasteiger partial charge in [-0.1, -0.05) is 18.2 Å². The average molecular weight is 297 g/mol. The second-order valence-corrected chi connectivity index (χ2v) is 5.45. The maximum Gasteiger partial charge on any atom is 0.146 e. The van der Waals surface area contributed by atoms with Crippen molar-refractivity contribution in [3.05, 3.63) is 64.7 Å². The first-order valence-electron chi connectivity index (χ1n) is 7.01. The van der Waals surface area contributed by atoms with E-state index in [9.17, 15) is 8.78 Å². The summed E-state index contributed by atoms with van der Waals surface area (Å²) in [5, 5.41) is 10.1. The van der Waals surface area contributed by atoms with E-state index in [-0.39, 0.29) is 5.69 Å². The lowest BCUT2D eigenvalue weighted by Gasteiger charge is -2.07. The SMILES string of the molecule is Cc1cccc2c1Cc1c-2n[nH]c1Nc1cc(F)ccc1F. The van der Waals surface area contributed by atoms with Crippen molar-refractivity contribution >= 4 is 11.5 Å². The smallest absolute Gasteiger partial charge is 0.146 e. The number of anilines is 2. The van der Waals surface area contributed by atoms with E-state index in [1.165, 1.54) is 11.1 Å². The van der Waals surface area contributed by atoms with Gasteiger partial charge in [0.2, 0.25) is 0 Å². The Morgan fingerprint density at radius 2 is 2.00 bits per heavy atom. The van der Waals surface area contributed by atoms with E-state index < -0.39 is 11.6 Å². The lowest BCUT2D eigenvalue weighted by atomic mass is 10.0. The highest BCUT2D eigenvalue weighted by molar-refractivity contribution is 5.80. The average Bonchev–Trinajstić information content (AvgIpc) is 3.04. The lowest BCUT2D eigenvalue weighted by Crippen LogP contribution is -1.98. The van der Waals surface area contributed by atoms with Gasteiger partial charge < -0.3 is 5.32 Å². The molecule has 0 amide bonds. The van der Waals surface area contributed by atoms with Crippen LogP contribution in [0, 0.1) is 18.6 Å². The Bertz CT molecular complexity index is 884. The summed E-state index contributed by atoms with van der Waals surface area (Å²) in [5.41, 5.74) is 5.49. The molecular weight excluding hydrogens is 284 g/mol. The molecule has 3 aromatic rings. The molecule has 2 N–H and O–H groups in total. The molecule has 2 aromatic carbocycles. The van der Waals surface area contributed by atoms with Gasteiger partial charge in [-0.05, 0) is 30.2 Å². The zero-order valence-corrected chi connectivity index (χ0v) is 11.9. The molecule has 3 nitrogen and oxygen atoms in total. The molecule has 0 radical (unpaired) electrons. The van der Waals surface area contributed by atoms with Crippen LogP contribution in [-0.4, -0.2) is 10.2 Å². The van der Waals surface area contributed by atoms with Gasteiger partial charge in [0.1, 0.15) is 17.5 Å². The largest absolute Gasteiger partial charge is 0.338 e. The lowest BCUT2D eigenvalue weighted by molar-refractivity contribution is 0.603. The summed E-state index contributed by atoms with van der Waals surface area (Å²) in [4.78, 5) is 0. The summed E-state index contributed by atoms with van der Waals surface area (Å²) in [7, 11) is 0. The van der Waals surface area contributed by atoms with Crippen LogP contribution < -0.4 is 5.32 Å². The Labute approximate surface area is 126 Å². The topological polar surface area (TPSA) is 40.7 Å². The molecule has 110 valence electrons. The zero-order chi connectivity index (χ0) is 15.3. The number of nitrogens with one attached hydrogen (secondary N) is 2. The number of hydrogen-bond donors (Lipinski definition) is 2. The quantitative estimate of drug-likeness (QED) is 0.579. The first-order valence-corrected chi connectivity index (χ1v) is 7.01. The van der Waals surface area contributed by atoms with Crippen LogP contribution in [0.1, 0.15) is 16.7 Å². The van der Waals surface area contributed by atoms with Crippen molar-refractivity contribution in [2.24, 2.45) is 0 Å². The standard InChI is InChI=1S/C17H13F2N3/c1-9-3-2-4-11-12(9)8-13-16(11)21-22-17(13)20-15-7-10(18)5-6-14(15)19/h2-7H,8H2,1H3,(H2,20,21,22). The van der Waals surface area contributed by atoms with Crippen LogP contribution in [0.4, 0.5) is 20.3 Å². The van der Waals surface area contributed by atoms with Gasteiger partial charge in [-0.2, -0.15) is 5.10 Å². The summed E-state index contributed by atoms with van der Waals surface area (Å²) in [6.45, 7) is 2.06. The molecule has 0 saturated heterocycles. The maximum atomic E-state index is 13.8. The van der Waals surface area contributed by atoms with Gasteiger partial charge in [-0.3, -0.25) is 5.10 Å². The summed E-state index contributed by atoms with van der Waals surface area (Å²) in [6, 6.07) is 9.42. The normalized spacial score (nSPS) is 12.1. The highest BCUT2D eigenvalue weighted by atomic mass is 19.1. The summed E-state index contributed by atoms with van der Waals surface area (Å²) >= 11 is 0. The number of benzene rings is 2. The number of aromatic nitrogens is 2. The molecule has 0 bridgehead atoms. The van der Waals surface area contributed by atoms with Crippen LogP contribution in [0.15, 0.2) is 36.4 Å². The van der Waals surface area contributed by atoms with Gasteiger partial charge in [-0.25, -0.2) is 8.78 Å². The Morgan fingerprint density at radius 3 is 2.86 bits per heavy atom. The van der Waals surface area contributed by atoms with E-state index in [1.807, 2.05) is 12.1 Å². The van der Waals surface area contributed by atoms with Gasteiger partial charge in [0.25, 0.3) is 0 Å². The number of fused-ring (bicyclic) bond motifs is 3. The third-order valence-corrected chi connectivity index (χ3v) is 4.07. The van der Waals surface area contributed by atoms with Gasteiger partial charge in [0, 0.05) is 23.6 Å². The minimum absolute atomic E-state index is 0.0964. The minimum atomic E-state index is -0.503. The van der Waals surface area contributed by atoms with Crippen LogP contribution in [0.2, 0.25) is 0 Å². The zero-order valence-electron chi connectivity index (χ0n) is 11.9. The number of hydrogen-bond acceptors (Lipinski definition) is 2. The van der Waals surface area contributed by atoms with Crippen molar-refractivity contribution < 1.29 is 8.78 Å². The number of nitrogens with zero attached hydrogens (tertiary/aromatic N) is 1. The van der Waals surface area contributed by atoms with E-state index in [1.54, 1.807) is 0 Å². The van der Waals surface area contributed by atoms with Gasteiger partial charge in [0.05, 0.1) is 11.4 Å². The molecule has 0 saturated carbocycles. The second kappa shape index (κ2) is 4.66. The molecule has 0 aliphatic heterocycles. The van der Waals surface area contributed by atoms with Crippen LogP contribution in [0.25, 0.3) is 11.3 Å². The summed E-state index contributed by atoms with van der Waals surface area (Å²) in [5.74, 6) is -0.384. The fraction of sp³-hybridized carbons (Fsp3) is 0.118. The van der Waals surface area contributed by atoms with Gasteiger partial charge in [0.15, 0.2) is 0 Å². The van der Waals surface area contributed by atoms with Crippen LogP contribution in [0.5, 0.6) is 0 Å². The van der Waals surface area contributed by atoms with Gasteiger partial charge >= 0.3 is 0 Å². The molecule has 0 spiro atoms. The third kappa shape index (κ3) is 1.89. The van der Waals surface area contributed by atoms with Crippen LogP contribution in [-0.2, 0) is 6.42 Å². The first kappa shape index (κ1) is 13.0. The number of H-pyrrole nitrogens is 1. The molecule has 5 heteroatoms. The first-order chi connectivity index (χ1) is 10.6. The number of aromatic amines is 1. The van der Waals surface area contributed by atoms with E-state index in [0.717, 1.165) is 41.4 Å². The van der Waals surface area contributed by atoms with E-state index in [2.05, 4.69) is 28.5 Å². The van der Waals surface area contributed by atoms with E-state index >= 15 is 0 Å². The minimum Gasteiger partial charge on any atom is -0.338 e. The second-order valence-electron chi connectivity index (χ2n) is 5.45. The monoisotopic (exact) mass is 297 g/mol. The van der Waals surface area contributed by atoms with Gasteiger partial charge in [-0.15, -0.1) is 0 Å². The van der Waals surface area contributed by atoms with Crippen molar-refractivity contribution in [1.82, 2.24) is 10.2 Å². The summed E-state index contributed by atoms with van der Waals surface area (Å²) in [6.07, 6.45) is 0.729. The number of halogens is 2. The Balaban J connectivity index is 1.74. The molecule has 1 heterocycles. The fourth-order valence-electron chi connectivity index (χ4n) is 2.93. The van der Waals surface area contributed by atoms with Crippen molar-refractivity contribution in [2.45, 2.75) is 13.3 Å². The third-order valence-electron chi connectivity index (χ3n) is 4.07. The predicted molar refractivity (Wildman–Crippen MR) is 81.2 cm³/mol. The molecule has 0 unspecified atom stereocenters. The molecule has 1 aliphatic rings. The van der Waals surface area contributed by atoms with Crippen LogP contribution in [0.3, 0.4) is 0 Å². The number of aryl methyl sites for hydroxylation is 1. The van der Waals surface area contributed by atoms with Crippen LogP contribution >= 0.6 is 0 Å². The van der Waals surface area contributed by atoms with Crippen molar-refractivity contribution in [1.29, 1.82) is 0 Å². The molecule has 22 heavy (non-hydrogen) atoms. The highest BCUT2D eigenvalue weighted by Gasteiger charge is 2.26. The highest BCUT2D eigenvalue weighted by Crippen LogP contribution is 2.40. The molecule has 1 aromatic heterocycles. The fourth-order valence-corrected chi connectivity index (χ4v) is 2.93. The predicted octanol–water partition coefficient (Wildman–Crippen LogP) is 4.31. The Kier molecular flexibility index (Phi) is 2.76. The Hall–Kier alpha value is -2.69. The Morgan fingerprint density at radius 1 is 1.14 bits per heavy atom. The molecule has 1 aliphatic carbocycles. The van der Waals surface area contributed by atoms with E-state index in [4.69, 9.17) is 0 Å². The van der Waals surface area contributed by atoms with E-state index in [0.29, 0.717) is 5.82 Å². The molecule has 0 fully saturated rings. The van der Waals surface area contributed by atoms with Crippen molar-refractivity contribution in [3.63, 3.8) is 0 Å². The molecular formula is C17H13F2N3. The number of rotatable bonds is 2. The molecule has 4 rings (SSSR count). The maximum absolute atomic E-state index is 13.8. The van der Waals surface area contributed by atoms with Crippen molar-refractivity contribution in [3.8, 4) is 11.3 Å².